The monoisotopic (exact) mass is 648 g/mol. The first-order valence-electron chi connectivity index (χ1n) is 18.1. The minimum absolute atomic E-state index is 0.429. The molecule has 4 unspecified atom stereocenters. The van der Waals surface area contributed by atoms with E-state index >= 15 is 0 Å². The van der Waals surface area contributed by atoms with Gasteiger partial charge < -0.3 is 14.0 Å². The first kappa shape index (κ1) is 29.5. The van der Waals surface area contributed by atoms with Gasteiger partial charge in [0.15, 0.2) is 0 Å². The highest BCUT2D eigenvalue weighted by molar-refractivity contribution is 5.84. The third kappa shape index (κ3) is 4.78. The standard InChI is InChI=1S/C41H44N8/c1-24-11-34-35-23-47(18-32-13-30(28-7-5-25(2)43-16-28)20-49(39(32)35)41(34)44-15-24)21-33-14-27(9-10-42-33)29-12-31-17-46(4)22-36-38-37(8-6-26(3)45-38)48(19-29)40(31)36/h5-11,14-16,29-32H,12-13,17-23H2,1-4H3. The van der Waals surface area contributed by atoms with E-state index in [-0.39, 0.29) is 0 Å². The molecule has 0 radical (unpaired) electrons. The second-order valence-electron chi connectivity index (χ2n) is 15.6. The van der Waals surface area contributed by atoms with Crippen LogP contribution in [0.1, 0.15) is 92.8 Å². The van der Waals surface area contributed by atoms with Gasteiger partial charge in [-0.25, -0.2) is 4.98 Å². The second-order valence-corrected chi connectivity index (χ2v) is 15.6. The van der Waals surface area contributed by atoms with Gasteiger partial charge in [0.1, 0.15) is 5.65 Å². The van der Waals surface area contributed by atoms with Crippen LogP contribution in [0.3, 0.4) is 0 Å². The summed E-state index contributed by atoms with van der Waals surface area (Å²) in [6.45, 7) is 13.3. The van der Waals surface area contributed by atoms with Crippen LogP contribution in [0.15, 0.2) is 61.1 Å². The maximum absolute atomic E-state index is 5.04. The third-order valence-electron chi connectivity index (χ3n) is 12.0. The van der Waals surface area contributed by atoms with Gasteiger partial charge in [-0.3, -0.25) is 19.9 Å². The van der Waals surface area contributed by atoms with Crippen LogP contribution in [-0.4, -0.2) is 59.0 Å². The summed E-state index contributed by atoms with van der Waals surface area (Å²) in [7, 11) is 2.26. The molecule has 0 fully saturated rings. The average Bonchev–Trinajstić information content (AvgIpc) is 3.57. The SMILES string of the molecule is Cc1cnc2c(c1)c1c3n2CC(c2ccc(C)nc2)CC3CN(Cc2cc(C3CC4CN(C)Cc5c4n(c4ccc(C)nc54)C3)ccn2)C1. The van der Waals surface area contributed by atoms with E-state index in [1.165, 1.54) is 67.7 Å². The molecule has 8 heteroatoms. The molecule has 0 amide bonds. The summed E-state index contributed by atoms with van der Waals surface area (Å²) in [5.74, 6) is 1.86. The van der Waals surface area contributed by atoms with Crippen LogP contribution < -0.4 is 0 Å². The van der Waals surface area contributed by atoms with Crippen molar-refractivity contribution in [3.05, 3.63) is 117 Å². The molecular formula is C41H44N8. The van der Waals surface area contributed by atoms with Crippen molar-refractivity contribution in [2.75, 3.05) is 20.1 Å². The second kappa shape index (κ2) is 11.1. The largest absolute Gasteiger partial charge is 0.342 e. The first-order chi connectivity index (χ1) is 23.9. The lowest BCUT2D eigenvalue weighted by molar-refractivity contribution is 0.196. The summed E-state index contributed by atoms with van der Waals surface area (Å²) in [5, 5.41) is 1.33. The van der Waals surface area contributed by atoms with E-state index in [2.05, 4.69) is 107 Å². The van der Waals surface area contributed by atoms with Gasteiger partial charge in [0.25, 0.3) is 0 Å². The third-order valence-corrected chi connectivity index (χ3v) is 12.0. The summed E-state index contributed by atoms with van der Waals surface area (Å²) >= 11 is 0. The fraction of sp³-hybridized carbons (Fsp3) is 0.415. The van der Waals surface area contributed by atoms with Crippen LogP contribution in [0.2, 0.25) is 0 Å². The number of fused-ring (bicyclic) bond motifs is 6. The van der Waals surface area contributed by atoms with Crippen LogP contribution in [0.5, 0.6) is 0 Å². The Kier molecular flexibility index (Phi) is 6.66. The Labute approximate surface area is 287 Å². The molecule has 0 aliphatic carbocycles. The Morgan fingerprint density at radius 3 is 2.35 bits per heavy atom. The Bertz CT molecular complexity index is 2260. The molecule has 6 aromatic heterocycles. The molecule has 10 rings (SSSR count). The van der Waals surface area contributed by atoms with Gasteiger partial charge in [0, 0.05) is 122 Å². The minimum atomic E-state index is 0.429. The predicted octanol–water partition coefficient (Wildman–Crippen LogP) is 7.10. The summed E-state index contributed by atoms with van der Waals surface area (Å²) in [6.07, 6.45) is 8.50. The Balaban J connectivity index is 0.963. The van der Waals surface area contributed by atoms with Crippen molar-refractivity contribution in [1.82, 2.24) is 38.9 Å². The van der Waals surface area contributed by atoms with E-state index in [0.717, 1.165) is 69.3 Å². The number of likely N-dealkylation sites (N-methyl/N-ethyl adjacent to an activating group) is 1. The van der Waals surface area contributed by atoms with Crippen LogP contribution in [0.25, 0.3) is 22.1 Å². The molecule has 6 aromatic rings. The molecule has 4 aliphatic heterocycles. The van der Waals surface area contributed by atoms with E-state index in [0.29, 0.717) is 23.7 Å². The van der Waals surface area contributed by atoms with Gasteiger partial charge in [-0.15, -0.1) is 0 Å². The van der Waals surface area contributed by atoms with Crippen LogP contribution in [0, 0.1) is 20.8 Å². The minimum Gasteiger partial charge on any atom is -0.342 e. The van der Waals surface area contributed by atoms with Gasteiger partial charge >= 0.3 is 0 Å². The highest BCUT2D eigenvalue weighted by Crippen LogP contribution is 2.47. The van der Waals surface area contributed by atoms with Gasteiger partial charge in [-0.05, 0) is 99.3 Å². The van der Waals surface area contributed by atoms with E-state index in [1.54, 1.807) is 0 Å². The zero-order valence-electron chi connectivity index (χ0n) is 29.0. The van der Waals surface area contributed by atoms with E-state index < -0.39 is 0 Å². The quantitative estimate of drug-likeness (QED) is 0.203. The number of rotatable bonds is 4. The number of hydrogen-bond donors (Lipinski definition) is 0. The van der Waals surface area contributed by atoms with E-state index in [9.17, 15) is 0 Å². The molecular weight excluding hydrogens is 605 g/mol. The number of nitrogens with zero attached hydrogens (tertiary/aromatic N) is 8. The van der Waals surface area contributed by atoms with Crippen LogP contribution >= 0.6 is 0 Å². The van der Waals surface area contributed by atoms with Crippen molar-refractivity contribution in [3.63, 3.8) is 0 Å². The van der Waals surface area contributed by atoms with Crippen molar-refractivity contribution in [3.8, 4) is 0 Å². The van der Waals surface area contributed by atoms with Gasteiger partial charge in [0.2, 0.25) is 0 Å². The Hall–Kier alpha value is -4.40. The molecule has 0 spiro atoms. The Morgan fingerprint density at radius 1 is 0.694 bits per heavy atom. The van der Waals surface area contributed by atoms with Gasteiger partial charge in [-0.2, -0.15) is 0 Å². The molecule has 0 bridgehead atoms. The molecule has 4 aliphatic rings. The molecule has 10 heterocycles. The summed E-state index contributed by atoms with van der Waals surface area (Å²) < 4.78 is 5.16. The normalized spacial score (nSPS) is 23.6. The molecule has 0 aromatic carbocycles. The zero-order valence-corrected chi connectivity index (χ0v) is 29.0. The number of aromatic nitrogens is 6. The predicted molar refractivity (Wildman–Crippen MR) is 193 cm³/mol. The molecule has 0 saturated carbocycles. The first-order valence-corrected chi connectivity index (χ1v) is 18.1. The number of aryl methyl sites for hydroxylation is 3. The molecule has 4 atom stereocenters. The zero-order chi connectivity index (χ0) is 33.0. The fourth-order valence-corrected chi connectivity index (χ4v) is 9.98. The lowest BCUT2D eigenvalue weighted by Gasteiger charge is -2.39. The van der Waals surface area contributed by atoms with Crippen LogP contribution in [-0.2, 0) is 32.7 Å². The molecule has 248 valence electrons. The molecule has 49 heavy (non-hydrogen) atoms. The lowest BCUT2D eigenvalue weighted by Crippen LogP contribution is -2.37. The van der Waals surface area contributed by atoms with Crippen molar-refractivity contribution in [1.29, 1.82) is 0 Å². The Morgan fingerprint density at radius 2 is 1.49 bits per heavy atom. The fourth-order valence-electron chi connectivity index (χ4n) is 9.98. The maximum atomic E-state index is 5.04. The van der Waals surface area contributed by atoms with Crippen LogP contribution in [0.4, 0.5) is 0 Å². The van der Waals surface area contributed by atoms with Gasteiger partial charge in [-0.1, -0.05) is 6.07 Å². The lowest BCUT2D eigenvalue weighted by atomic mass is 9.81. The summed E-state index contributed by atoms with van der Waals surface area (Å²) in [4.78, 5) is 24.8. The average molecular weight is 649 g/mol. The number of pyridine rings is 4. The van der Waals surface area contributed by atoms with E-state index in [4.69, 9.17) is 15.0 Å². The summed E-state index contributed by atoms with van der Waals surface area (Å²) in [6, 6.07) is 16.0. The van der Waals surface area contributed by atoms with Crippen molar-refractivity contribution >= 4 is 22.1 Å². The van der Waals surface area contributed by atoms with Gasteiger partial charge in [0.05, 0.1) is 16.7 Å². The molecule has 0 saturated heterocycles. The van der Waals surface area contributed by atoms with Crippen molar-refractivity contribution in [2.45, 2.75) is 90.0 Å². The van der Waals surface area contributed by atoms with E-state index in [1.807, 2.05) is 6.20 Å². The highest BCUT2D eigenvalue weighted by atomic mass is 15.2. The molecule has 8 nitrogen and oxygen atoms in total. The topological polar surface area (TPSA) is 67.9 Å². The smallest absolute Gasteiger partial charge is 0.140 e. The summed E-state index contributed by atoms with van der Waals surface area (Å²) in [5.41, 5.74) is 17.0. The van der Waals surface area contributed by atoms with Crippen molar-refractivity contribution < 1.29 is 0 Å². The maximum Gasteiger partial charge on any atom is 0.140 e. The molecule has 0 N–H and O–H groups in total. The highest BCUT2D eigenvalue weighted by Gasteiger charge is 2.39. The van der Waals surface area contributed by atoms with Crippen molar-refractivity contribution in [2.24, 2.45) is 0 Å². The number of hydrogen-bond acceptors (Lipinski definition) is 6.